The van der Waals surface area contributed by atoms with Gasteiger partial charge in [-0.3, -0.25) is 11.3 Å². The fraction of sp³-hybridized carbons (Fsp3) is 0.333. The molecule has 1 unspecified atom stereocenters. The number of hydrazine groups is 1. The van der Waals surface area contributed by atoms with E-state index in [9.17, 15) is 13.2 Å². The van der Waals surface area contributed by atoms with Crippen LogP contribution < -0.4 is 11.3 Å². The number of rotatable bonds is 3. The Morgan fingerprint density at radius 2 is 1.88 bits per heavy atom. The van der Waals surface area contributed by atoms with Crippen LogP contribution in [0.4, 0.5) is 13.2 Å². The second-order valence-corrected chi connectivity index (χ2v) is 3.47. The zero-order valence-corrected chi connectivity index (χ0v) is 9.31. The maximum Gasteiger partial charge on any atom is 0.416 e. The van der Waals surface area contributed by atoms with Crippen LogP contribution in [0.3, 0.4) is 0 Å². The number of halogens is 3. The fourth-order valence-electron chi connectivity index (χ4n) is 1.38. The normalized spacial score (nSPS) is 12.8. The van der Waals surface area contributed by atoms with Gasteiger partial charge in [-0.2, -0.15) is 13.2 Å². The van der Waals surface area contributed by atoms with Gasteiger partial charge >= 0.3 is 6.18 Å². The second-order valence-electron chi connectivity index (χ2n) is 3.47. The first-order valence-corrected chi connectivity index (χ1v) is 5.02. The first-order valence-electron chi connectivity index (χ1n) is 5.02. The van der Waals surface area contributed by atoms with Crippen LogP contribution in [0.25, 0.3) is 0 Å². The fourth-order valence-corrected chi connectivity index (χ4v) is 1.38. The van der Waals surface area contributed by atoms with Crippen molar-refractivity contribution < 1.29 is 13.2 Å². The summed E-state index contributed by atoms with van der Waals surface area (Å²) in [5.41, 5.74) is 2.54. The Kier molecular flexibility index (Phi) is 4.55. The molecule has 2 nitrogen and oxygen atoms in total. The average Bonchev–Trinajstić information content (AvgIpc) is 2.29. The summed E-state index contributed by atoms with van der Waals surface area (Å²) < 4.78 is 37.0. The summed E-state index contributed by atoms with van der Waals surface area (Å²) in [5, 5.41) is 0. The molecule has 0 heterocycles. The molecule has 0 spiro atoms. The molecule has 0 bridgehead atoms. The van der Waals surface area contributed by atoms with Crippen LogP contribution in [0.15, 0.2) is 24.3 Å². The maximum absolute atomic E-state index is 12.3. The summed E-state index contributed by atoms with van der Waals surface area (Å²) in [6.07, 6.45) is -3.86. The van der Waals surface area contributed by atoms with Crippen molar-refractivity contribution in [2.75, 3.05) is 0 Å². The Hall–Kier alpha value is -1.51. The molecule has 0 fully saturated rings. The van der Waals surface area contributed by atoms with E-state index in [2.05, 4.69) is 17.3 Å². The molecule has 0 saturated carbocycles. The molecule has 0 aliphatic carbocycles. The Morgan fingerprint density at radius 3 is 2.29 bits per heavy atom. The summed E-state index contributed by atoms with van der Waals surface area (Å²) in [5.74, 6) is 10.9. The number of alkyl halides is 3. The number of hydrogen-bond donors (Lipinski definition) is 2. The molecule has 3 N–H and O–H groups in total. The Bertz CT molecular complexity index is 412. The molecule has 1 aromatic rings. The van der Waals surface area contributed by atoms with Gasteiger partial charge < -0.3 is 0 Å². The minimum atomic E-state index is -4.31. The monoisotopic (exact) mass is 242 g/mol. The summed E-state index contributed by atoms with van der Waals surface area (Å²) in [6, 6.07) is 4.64. The lowest BCUT2D eigenvalue weighted by atomic mass is 10.0. The third-order valence-electron chi connectivity index (χ3n) is 2.32. The maximum atomic E-state index is 12.3. The van der Waals surface area contributed by atoms with Gasteiger partial charge in [0, 0.05) is 6.42 Å². The number of benzene rings is 1. The molecule has 5 heteroatoms. The van der Waals surface area contributed by atoms with Crippen LogP contribution >= 0.6 is 0 Å². The first kappa shape index (κ1) is 13.6. The molecule has 0 aliphatic rings. The van der Waals surface area contributed by atoms with Gasteiger partial charge in [0.05, 0.1) is 11.6 Å². The molecular weight excluding hydrogens is 229 g/mol. The van der Waals surface area contributed by atoms with Gasteiger partial charge in [0.1, 0.15) is 0 Å². The van der Waals surface area contributed by atoms with E-state index in [0.717, 1.165) is 12.1 Å². The quantitative estimate of drug-likeness (QED) is 0.486. The van der Waals surface area contributed by atoms with Crippen molar-refractivity contribution in [1.29, 1.82) is 0 Å². The molecule has 17 heavy (non-hydrogen) atoms. The van der Waals surface area contributed by atoms with Crippen molar-refractivity contribution in [3.63, 3.8) is 0 Å². The zero-order valence-electron chi connectivity index (χ0n) is 9.31. The summed E-state index contributed by atoms with van der Waals surface area (Å²) in [6.45, 7) is 1.69. The van der Waals surface area contributed by atoms with Gasteiger partial charge in [-0.15, -0.1) is 11.8 Å². The third-order valence-corrected chi connectivity index (χ3v) is 2.32. The lowest BCUT2D eigenvalue weighted by Crippen LogP contribution is -2.27. The van der Waals surface area contributed by atoms with Crippen LogP contribution in [0.2, 0.25) is 0 Å². The molecule has 0 saturated heterocycles. The minimum absolute atomic E-state index is 0.260. The van der Waals surface area contributed by atoms with Crippen LogP contribution in [-0.4, -0.2) is 0 Å². The van der Waals surface area contributed by atoms with E-state index >= 15 is 0 Å². The summed E-state index contributed by atoms with van der Waals surface area (Å²) in [4.78, 5) is 0. The van der Waals surface area contributed by atoms with E-state index in [-0.39, 0.29) is 6.04 Å². The van der Waals surface area contributed by atoms with Gasteiger partial charge in [-0.05, 0) is 24.6 Å². The number of hydrogen-bond acceptors (Lipinski definition) is 2. The molecular formula is C12H13F3N2. The van der Waals surface area contributed by atoms with Crippen molar-refractivity contribution in [3.05, 3.63) is 35.4 Å². The Morgan fingerprint density at radius 1 is 1.29 bits per heavy atom. The summed E-state index contributed by atoms with van der Waals surface area (Å²) >= 11 is 0. The topological polar surface area (TPSA) is 38.0 Å². The minimum Gasteiger partial charge on any atom is -0.271 e. The highest BCUT2D eigenvalue weighted by atomic mass is 19.4. The van der Waals surface area contributed by atoms with Crippen LogP contribution in [-0.2, 0) is 6.18 Å². The molecule has 0 aromatic heterocycles. The van der Waals surface area contributed by atoms with E-state index < -0.39 is 11.7 Å². The number of nitrogens with one attached hydrogen (secondary N) is 1. The Balaban J connectivity index is 2.87. The van der Waals surface area contributed by atoms with Crippen molar-refractivity contribution in [2.24, 2.45) is 5.84 Å². The number of nitrogens with two attached hydrogens (primary N) is 1. The van der Waals surface area contributed by atoms with Crippen LogP contribution in [0, 0.1) is 11.8 Å². The van der Waals surface area contributed by atoms with E-state index in [4.69, 9.17) is 5.84 Å². The molecule has 0 aliphatic heterocycles. The highest BCUT2D eigenvalue weighted by Crippen LogP contribution is 2.30. The largest absolute Gasteiger partial charge is 0.416 e. The average molecular weight is 242 g/mol. The van der Waals surface area contributed by atoms with E-state index in [1.165, 1.54) is 12.1 Å². The molecule has 1 atom stereocenters. The lowest BCUT2D eigenvalue weighted by molar-refractivity contribution is -0.137. The van der Waals surface area contributed by atoms with E-state index in [1.807, 2.05) is 0 Å². The van der Waals surface area contributed by atoms with Crippen LogP contribution in [0.1, 0.15) is 30.5 Å². The van der Waals surface area contributed by atoms with Crippen molar-refractivity contribution >= 4 is 0 Å². The second kappa shape index (κ2) is 5.71. The predicted octanol–water partition coefficient (Wildman–Crippen LogP) is 2.62. The van der Waals surface area contributed by atoms with E-state index in [0.29, 0.717) is 12.0 Å². The van der Waals surface area contributed by atoms with E-state index in [1.54, 1.807) is 6.92 Å². The standard InChI is InChI=1S/C12H13F3N2/c1-2-3-4-11(17-16)9-5-7-10(8-6-9)12(13,14)15/h5-8,11,17H,4,16H2,1H3. The predicted molar refractivity (Wildman–Crippen MR) is 59.6 cm³/mol. The Labute approximate surface area is 98.0 Å². The van der Waals surface area contributed by atoms with Crippen molar-refractivity contribution in [2.45, 2.75) is 25.6 Å². The lowest BCUT2D eigenvalue weighted by Gasteiger charge is -2.14. The summed E-state index contributed by atoms with van der Waals surface area (Å²) in [7, 11) is 0. The SMILES string of the molecule is CC#CCC(NN)c1ccc(C(F)(F)F)cc1. The molecule has 1 rings (SSSR count). The molecule has 0 radical (unpaired) electrons. The van der Waals surface area contributed by atoms with Gasteiger partial charge in [-0.25, -0.2) is 0 Å². The van der Waals surface area contributed by atoms with Crippen molar-refractivity contribution in [1.82, 2.24) is 5.43 Å². The third kappa shape index (κ3) is 3.77. The van der Waals surface area contributed by atoms with Gasteiger partial charge in [0.25, 0.3) is 0 Å². The van der Waals surface area contributed by atoms with Crippen molar-refractivity contribution in [3.8, 4) is 11.8 Å². The molecule has 92 valence electrons. The van der Waals surface area contributed by atoms with Crippen LogP contribution in [0.5, 0.6) is 0 Å². The van der Waals surface area contributed by atoms with Gasteiger partial charge in [0.15, 0.2) is 0 Å². The molecule has 0 amide bonds. The molecule has 1 aromatic carbocycles. The first-order chi connectivity index (χ1) is 7.99. The van der Waals surface area contributed by atoms with Gasteiger partial charge in [0.2, 0.25) is 0 Å². The smallest absolute Gasteiger partial charge is 0.271 e. The highest BCUT2D eigenvalue weighted by Gasteiger charge is 2.30. The van der Waals surface area contributed by atoms with Gasteiger partial charge in [-0.1, -0.05) is 12.1 Å². The zero-order chi connectivity index (χ0) is 12.9. The highest BCUT2D eigenvalue weighted by molar-refractivity contribution is 5.27.